The van der Waals surface area contributed by atoms with Gasteiger partial charge in [-0.3, -0.25) is 0 Å². The summed E-state index contributed by atoms with van der Waals surface area (Å²) in [5.74, 6) is 1.25. The van der Waals surface area contributed by atoms with Gasteiger partial charge >= 0.3 is 0 Å². The lowest BCUT2D eigenvalue weighted by Crippen LogP contribution is -1.38. The van der Waals surface area contributed by atoms with E-state index in [9.17, 15) is 0 Å². The Morgan fingerprint density at radius 3 is 1.88 bits per heavy atom. The fraction of sp³-hybridized carbons (Fsp3) is 0. The molecule has 0 amide bonds. The predicted molar refractivity (Wildman–Crippen MR) is 32.1 cm³/mol. The zero-order valence-electron chi connectivity index (χ0n) is 4.42. The Hall–Kier alpha value is -1.27. The fourth-order valence-electron chi connectivity index (χ4n) is 0.278. The normalized spacial score (nSPS) is 6.00. The number of rotatable bonds is 0. The zero-order valence-corrected chi connectivity index (χ0v) is 4.42. The minimum Gasteiger partial charge on any atom is -0.368 e. The van der Waals surface area contributed by atoms with Crippen LogP contribution >= 0.6 is 0 Å². The molecule has 0 aromatic carbocycles. The highest BCUT2D eigenvalue weighted by molar-refractivity contribution is 5.38. The largest absolute Gasteiger partial charge is 0.368 e. The first-order chi connectivity index (χ1) is 3.91. The van der Waals surface area contributed by atoms with E-state index in [-0.39, 0.29) is 0 Å². The van der Waals surface area contributed by atoms with Crippen LogP contribution in [0.2, 0.25) is 0 Å². The molecule has 1 aromatic heterocycles. The maximum absolute atomic E-state index is 8.57. The van der Waals surface area contributed by atoms with Crippen molar-refractivity contribution < 1.29 is 4.79 Å². The van der Waals surface area contributed by atoms with E-state index in [0.29, 0.717) is 0 Å². The van der Waals surface area contributed by atoms with Crippen LogP contribution < -0.4 is 0 Å². The summed E-state index contributed by atoms with van der Waals surface area (Å²) in [6.07, 6.45) is 3.75. The number of aromatic nitrogens is 1. The van der Waals surface area contributed by atoms with Gasteiger partial charge in [-0.05, 0) is 18.7 Å². The summed E-state index contributed by atoms with van der Waals surface area (Å²) in [5.41, 5.74) is 0. The molecule has 0 radical (unpaired) electrons. The van der Waals surface area contributed by atoms with Gasteiger partial charge in [0, 0.05) is 12.4 Å². The van der Waals surface area contributed by atoms with E-state index in [4.69, 9.17) is 4.79 Å². The van der Waals surface area contributed by atoms with Crippen LogP contribution in [-0.4, -0.2) is 10.9 Å². The van der Waals surface area contributed by atoms with E-state index in [1.165, 1.54) is 5.94 Å². The van der Waals surface area contributed by atoms with Gasteiger partial charge in [-0.2, -0.15) is 0 Å². The highest BCUT2D eigenvalue weighted by Crippen LogP contribution is 1.72. The van der Waals surface area contributed by atoms with Crippen molar-refractivity contribution in [1.82, 2.24) is 4.98 Å². The van der Waals surface area contributed by atoms with E-state index in [0.717, 1.165) is 0 Å². The molecule has 0 saturated heterocycles. The summed E-state index contributed by atoms with van der Waals surface area (Å²) in [7, 11) is 0. The van der Waals surface area contributed by atoms with Crippen molar-refractivity contribution in [3.8, 4) is 0 Å². The minimum absolute atomic E-state index is 1.25. The van der Waals surface area contributed by atoms with Crippen molar-refractivity contribution in [2.24, 2.45) is 0 Å². The average Bonchev–Trinajstić information content (AvgIpc) is 2.17. The van der Waals surface area contributed by atoms with E-state index >= 15 is 0 Å². The standard InChI is InChI=1S/C4H5N.C2H2O/c1-2-4-5-3-1;1-2-3/h1-5H;1H2. The van der Waals surface area contributed by atoms with Crippen LogP contribution in [0.5, 0.6) is 0 Å². The predicted octanol–water partition coefficient (Wildman–Crippen LogP) is 1.02. The minimum atomic E-state index is 1.25. The van der Waals surface area contributed by atoms with Crippen molar-refractivity contribution in [1.29, 1.82) is 0 Å². The van der Waals surface area contributed by atoms with Gasteiger partial charge < -0.3 is 4.98 Å². The Kier molecular flexibility index (Phi) is 4.82. The van der Waals surface area contributed by atoms with Gasteiger partial charge in [-0.1, -0.05) is 0 Å². The quantitative estimate of drug-likeness (QED) is 0.495. The summed E-state index contributed by atoms with van der Waals surface area (Å²) in [5, 5.41) is 0. The molecule has 1 N–H and O–H groups in total. The van der Waals surface area contributed by atoms with Crippen molar-refractivity contribution in [2.45, 2.75) is 0 Å². The first-order valence-electron chi connectivity index (χ1n) is 2.14. The van der Waals surface area contributed by atoms with Crippen LogP contribution in [0, 0.1) is 0 Å². The van der Waals surface area contributed by atoms with Gasteiger partial charge in [-0.25, -0.2) is 4.79 Å². The Balaban J connectivity index is 0.000000145. The molecule has 2 heteroatoms. The Morgan fingerprint density at radius 2 is 1.75 bits per heavy atom. The molecular weight excluding hydrogens is 102 g/mol. The highest BCUT2D eigenvalue weighted by atomic mass is 16.1. The second kappa shape index (κ2) is 5.73. The smallest absolute Gasteiger partial charge is 0.116 e. The average molecular weight is 109 g/mol. The molecule has 2 nitrogen and oxygen atoms in total. The van der Waals surface area contributed by atoms with Crippen molar-refractivity contribution >= 4 is 5.94 Å². The van der Waals surface area contributed by atoms with Gasteiger partial charge in [0.05, 0.1) is 0 Å². The molecule has 0 saturated carbocycles. The highest BCUT2D eigenvalue weighted by Gasteiger charge is 1.55. The molecule has 0 aliphatic heterocycles. The lowest BCUT2D eigenvalue weighted by atomic mass is 10.7. The van der Waals surface area contributed by atoms with Gasteiger partial charge in [0.1, 0.15) is 5.94 Å². The van der Waals surface area contributed by atoms with Gasteiger partial charge in [-0.15, -0.1) is 0 Å². The number of H-pyrrole nitrogens is 1. The summed E-state index contributed by atoms with van der Waals surface area (Å²) in [6.45, 7) is 2.68. The number of carbonyl (C=O) groups excluding carboxylic acids is 1. The van der Waals surface area contributed by atoms with Gasteiger partial charge in [0.15, 0.2) is 0 Å². The first kappa shape index (κ1) is 6.73. The van der Waals surface area contributed by atoms with Crippen LogP contribution in [-0.2, 0) is 4.79 Å². The summed E-state index contributed by atoms with van der Waals surface area (Å²) in [6, 6.07) is 3.89. The molecule has 0 atom stereocenters. The van der Waals surface area contributed by atoms with Crippen LogP contribution in [0.1, 0.15) is 0 Å². The number of hydrogen-bond donors (Lipinski definition) is 1. The summed E-state index contributed by atoms with van der Waals surface area (Å²) in [4.78, 5) is 11.4. The SMILES string of the molecule is C=C=O.c1cc[nH]c1. The molecule has 0 fully saturated rings. The Bertz CT molecular complexity index is 120. The van der Waals surface area contributed by atoms with E-state index in [2.05, 4.69) is 11.6 Å². The second-order valence-electron chi connectivity index (χ2n) is 1.03. The van der Waals surface area contributed by atoms with Crippen molar-refractivity contribution in [2.75, 3.05) is 0 Å². The van der Waals surface area contributed by atoms with Crippen molar-refractivity contribution in [3.05, 3.63) is 31.1 Å². The molecule has 0 aliphatic rings. The third-order valence-corrected chi connectivity index (χ3v) is 0.496. The molecule has 1 rings (SSSR count). The molecule has 8 heavy (non-hydrogen) atoms. The van der Waals surface area contributed by atoms with E-state index in [1.807, 2.05) is 24.5 Å². The molecule has 42 valence electrons. The third kappa shape index (κ3) is 4.73. The molecule has 0 bridgehead atoms. The van der Waals surface area contributed by atoms with Crippen LogP contribution in [0.3, 0.4) is 0 Å². The third-order valence-electron chi connectivity index (χ3n) is 0.496. The number of nitrogens with one attached hydrogen (secondary N) is 1. The summed E-state index contributed by atoms with van der Waals surface area (Å²) >= 11 is 0. The molecule has 1 aromatic rings. The lowest BCUT2D eigenvalue weighted by Gasteiger charge is -1.49. The second-order valence-corrected chi connectivity index (χ2v) is 1.03. The van der Waals surface area contributed by atoms with E-state index < -0.39 is 0 Å². The van der Waals surface area contributed by atoms with Gasteiger partial charge in [0.2, 0.25) is 0 Å². The first-order valence-corrected chi connectivity index (χ1v) is 2.14. The number of aromatic amines is 1. The maximum atomic E-state index is 8.57. The summed E-state index contributed by atoms with van der Waals surface area (Å²) < 4.78 is 0. The molecule has 0 aliphatic carbocycles. The van der Waals surface area contributed by atoms with Crippen molar-refractivity contribution in [3.63, 3.8) is 0 Å². The fourth-order valence-corrected chi connectivity index (χ4v) is 0.278. The maximum Gasteiger partial charge on any atom is 0.116 e. The monoisotopic (exact) mass is 109 g/mol. The molecular formula is C6H7NO. The topological polar surface area (TPSA) is 32.9 Å². The van der Waals surface area contributed by atoms with E-state index in [1.54, 1.807) is 0 Å². The molecule has 1 heterocycles. The Labute approximate surface area is 47.8 Å². The van der Waals surface area contributed by atoms with Gasteiger partial charge in [0.25, 0.3) is 0 Å². The lowest BCUT2D eigenvalue weighted by molar-refractivity contribution is 0.569. The molecule has 0 spiro atoms. The zero-order chi connectivity index (χ0) is 6.24. The van der Waals surface area contributed by atoms with Crippen LogP contribution in [0.15, 0.2) is 31.1 Å². The Morgan fingerprint density at radius 1 is 1.38 bits per heavy atom. The number of hydrogen-bond acceptors (Lipinski definition) is 1. The van der Waals surface area contributed by atoms with Crippen LogP contribution in [0.25, 0.3) is 0 Å². The molecule has 0 unspecified atom stereocenters. The van der Waals surface area contributed by atoms with Crippen LogP contribution in [0.4, 0.5) is 0 Å².